The second kappa shape index (κ2) is 9.31. The van der Waals surface area contributed by atoms with E-state index in [1.807, 2.05) is 0 Å². The molecule has 10 nitrogen and oxygen atoms in total. The van der Waals surface area contributed by atoms with E-state index in [2.05, 4.69) is 20.8 Å². The molecule has 162 valence electrons. The van der Waals surface area contributed by atoms with Crippen LogP contribution in [0.25, 0.3) is 5.69 Å². The van der Waals surface area contributed by atoms with E-state index in [-0.39, 0.29) is 11.7 Å². The molecule has 0 bridgehead atoms. The molecule has 1 aromatic heterocycles. The van der Waals surface area contributed by atoms with E-state index in [0.717, 1.165) is 11.8 Å². The van der Waals surface area contributed by atoms with Gasteiger partial charge in [0.25, 0.3) is 0 Å². The molecule has 0 atom stereocenters. The Hall–Kier alpha value is -3.18. The molecule has 0 aliphatic carbocycles. The minimum absolute atomic E-state index is 0.0530. The van der Waals surface area contributed by atoms with Crippen LogP contribution >= 0.6 is 23.4 Å². The number of hydrogen-bond donors (Lipinski definition) is 1. The van der Waals surface area contributed by atoms with Crippen LogP contribution in [0.2, 0.25) is 5.02 Å². The average Bonchev–Trinajstić information content (AvgIpc) is 3.26. The van der Waals surface area contributed by atoms with Gasteiger partial charge in [-0.25, -0.2) is 0 Å². The van der Waals surface area contributed by atoms with Gasteiger partial charge in [0.15, 0.2) is 11.5 Å². The predicted octanol–water partition coefficient (Wildman–Crippen LogP) is 2.83. The van der Waals surface area contributed by atoms with Gasteiger partial charge in [0.1, 0.15) is 30.4 Å². The molecule has 0 saturated carbocycles. The van der Waals surface area contributed by atoms with Gasteiger partial charge in [0.2, 0.25) is 11.1 Å². The SMILES string of the molecule is COc1ccc(OC)c(-n2nnnc2SCC(=O)Nc2cc3c(cc2Cl)OCCO3)c1. The van der Waals surface area contributed by atoms with Gasteiger partial charge in [-0.3, -0.25) is 4.79 Å². The van der Waals surface area contributed by atoms with Crippen molar-refractivity contribution in [2.75, 3.05) is 38.5 Å². The lowest BCUT2D eigenvalue weighted by Gasteiger charge is -2.20. The highest BCUT2D eigenvalue weighted by Gasteiger charge is 2.18. The number of halogens is 1. The Bertz CT molecular complexity index is 1110. The van der Waals surface area contributed by atoms with Crippen LogP contribution in [0, 0.1) is 0 Å². The zero-order chi connectivity index (χ0) is 21.8. The Morgan fingerprint density at radius 3 is 2.71 bits per heavy atom. The van der Waals surface area contributed by atoms with E-state index in [1.54, 1.807) is 44.6 Å². The number of aromatic nitrogens is 4. The summed E-state index contributed by atoms with van der Waals surface area (Å²) in [7, 11) is 3.11. The van der Waals surface area contributed by atoms with Gasteiger partial charge in [0.05, 0.1) is 30.7 Å². The summed E-state index contributed by atoms with van der Waals surface area (Å²) < 4.78 is 23.2. The number of ether oxygens (including phenoxy) is 4. The van der Waals surface area contributed by atoms with Crippen LogP contribution in [0.3, 0.4) is 0 Å². The Morgan fingerprint density at radius 2 is 1.97 bits per heavy atom. The van der Waals surface area contributed by atoms with Crippen molar-refractivity contribution in [3.8, 4) is 28.7 Å². The van der Waals surface area contributed by atoms with Crippen LogP contribution in [0.5, 0.6) is 23.0 Å². The first-order valence-electron chi connectivity index (χ1n) is 9.11. The van der Waals surface area contributed by atoms with Gasteiger partial charge >= 0.3 is 0 Å². The molecule has 0 fully saturated rings. The minimum atomic E-state index is -0.282. The molecule has 4 rings (SSSR count). The molecule has 0 unspecified atom stereocenters. The van der Waals surface area contributed by atoms with Crippen molar-refractivity contribution >= 4 is 35.0 Å². The molecule has 2 heterocycles. The predicted molar refractivity (Wildman–Crippen MR) is 114 cm³/mol. The Balaban J connectivity index is 1.47. The molecule has 1 aliphatic heterocycles. The summed E-state index contributed by atoms with van der Waals surface area (Å²) in [6.07, 6.45) is 0. The van der Waals surface area contributed by atoms with E-state index in [4.69, 9.17) is 30.5 Å². The molecule has 1 aliphatic rings. The van der Waals surface area contributed by atoms with Gasteiger partial charge in [-0.15, -0.1) is 5.10 Å². The lowest BCUT2D eigenvalue weighted by atomic mass is 10.2. The van der Waals surface area contributed by atoms with Crippen molar-refractivity contribution in [1.82, 2.24) is 20.2 Å². The number of hydrogen-bond acceptors (Lipinski definition) is 9. The van der Waals surface area contributed by atoms with E-state index < -0.39 is 0 Å². The number of amides is 1. The monoisotopic (exact) mass is 463 g/mol. The first kappa shape index (κ1) is 21.1. The number of carbonyl (C=O) groups is 1. The fourth-order valence-corrected chi connectivity index (χ4v) is 3.74. The number of fused-ring (bicyclic) bond motifs is 1. The number of tetrazole rings is 1. The van der Waals surface area contributed by atoms with Gasteiger partial charge in [-0.2, -0.15) is 4.68 Å². The lowest BCUT2D eigenvalue weighted by Crippen LogP contribution is -2.17. The topological polar surface area (TPSA) is 110 Å². The van der Waals surface area contributed by atoms with Crippen LogP contribution in [-0.4, -0.2) is 59.3 Å². The third-order valence-corrected chi connectivity index (χ3v) is 5.53. The summed E-state index contributed by atoms with van der Waals surface area (Å²) in [5.74, 6) is 2.03. The fourth-order valence-electron chi connectivity index (χ4n) is 2.86. The molecule has 0 spiro atoms. The summed E-state index contributed by atoms with van der Waals surface area (Å²) in [5, 5.41) is 15.3. The van der Waals surface area contributed by atoms with Gasteiger partial charge in [-0.05, 0) is 22.6 Å². The first-order chi connectivity index (χ1) is 15.1. The molecule has 0 saturated heterocycles. The molecular formula is C19H18ClN5O5S. The number of carbonyl (C=O) groups excluding carboxylic acids is 1. The van der Waals surface area contributed by atoms with Crippen molar-refractivity contribution in [1.29, 1.82) is 0 Å². The highest BCUT2D eigenvalue weighted by molar-refractivity contribution is 7.99. The standard InChI is InChI=1S/C19H18ClN5O5S/c1-27-11-3-4-15(28-2)14(7-11)25-19(22-23-24-25)31-10-18(26)21-13-9-17-16(8-12(13)20)29-5-6-30-17/h3-4,7-9H,5-6,10H2,1-2H3,(H,21,26). The van der Waals surface area contributed by atoms with Crippen molar-refractivity contribution < 1.29 is 23.7 Å². The fraction of sp³-hybridized carbons (Fsp3) is 0.263. The maximum absolute atomic E-state index is 12.5. The zero-order valence-corrected chi connectivity index (χ0v) is 18.2. The summed E-state index contributed by atoms with van der Waals surface area (Å²) >= 11 is 7.42. The number of nitrogens with zero attached hydrogens (tertiary/aromatic N) is 4. The number of methoxy groups -OCH3 is 2. The summed E-state index contributed by atoms with van der Waals surface area (Å²) in [4.78, 5) is 12.5. The molecule has 2 aromatic carbocycles. The van der Waals surface area contributed by atoms with E-state index in [1.165, 1.54) is 4.68 Å². The Labute approximate surface area is 186 Å². The minimum Gasteiger partial charge on any atom is -0.497 e. The third-order valence-electron chi connectivity index (χ3n) is 4.29. The van der Waals surface area contributed by atoms with Gasteiger partial charge in [-0.1, -0.05) is 23.4 Å². The van der Waals surface area contributed by atoms with Crippen molar-refractivity contribution in [3.63, 3.8) is 0 Å². The highest BCUT2D eigenvalue weighted by atomic mass is 35.5. The average molecular weight is 464 g/mol. The van der Waals surface area contributed by atoms with Crippen molar-refractivity contribution in [2.24, 2.45) is 0 Å². The summed E-state index contributed by atoms with van der Waals surface area (Å²) in [6.45, 7) is 0.896. The van der Waals surface area contributed by atoms with E-state index >= 15 is 0 Å². The lowest BCUT2D eigenvalue weighted by molar-refractivity contribution is -0.113. The maximum atomic E-state index is 12.5. The van der Waals surface area contributed by atoms with Crippen LogP contribution < -0.4 is 24.3 Å². The second-order valence-electron chi connectivity index (χ2n) is 6.22. The highest BCUT2D eigenvalue weighted by Crippen LogP contribution is 2.38. The molecule has 12 heteroatoms. The first-order valence-corrected chi connectivity index (χ1v) is 10.5. The number of anilines is 1. The van der Waals surface area contributed by atoms with Gasteiger partial charge in [0, 0.05) is 18.2 Å². The molecule has 0 radical (unpaired) electrons. The third kappa shape index (κ3) is 4.62. The zero-order valence-electron chi connectivity index (χ0n) is 16.6. The van der Waals surface area contributed by atoms with E-state index in [0.29, 0.717) is 57.8 Å². The molecular weight excluding hydrogens is 446 g/mol. The molecule has 3 aromatic rings. The van der Waals surface area contributed by atoms with Crippen LogP contribution in [0.15, 0.2) is 35.5 Å². The van der Waals surface area contributed by atoms with E-state index in [9.17, 15) is 4.79 Å². The quantitative estimate of drug-likeness (QED) is 0.529. The van der Waals surface area contributed by atoms with Gasteiger partial charge < -0.3 is 24.3 Å². The van der Waals surface area contributed by atoms with Crippen LogP contribution in [0.1, 0.15) is 0 Å². The number of nitrogens with one attached hydrogen (secondary N) is 1. The smallest absolute Gasteiger partial charge is 0.234 e. The second-order valence-corrected chi connectivity index (χ2v) is 7.57. The van der Waals surface area contributed by atoms with Crippen molar-refractivity contribution in [2.45, 2.75) is 5.16 Å². The summed E-state index contributed by atoms with van der Waals surface area (Å²) in [5.41, 5.74) is 1.02. The maximum Gasteiger partial charge on any atom is 0.234 e. The molecule has 31 heavy (non-hydrogen) atoms. The Kier molecular flexibility index (Phi) is 6.33. The van der Waals surface area contributed by atoms with Crippen LogP contribution in [0.4, 0.5) is 5.69 Å². The molecule has 1 N–H and O–H groups in total. The number of benzene rings is 2. The number of rotatable bonds is 7. The number of thioether (sulfide) groups is 1. The Morgan fingerprint density at radius 1 is 1.19 bits per heavy atom. The molecule has 1 amide bonds. The van der Waals surface area contributed by atoms with Crippen molar-refractivity contribution in [3.05, 3.63) is 35.4 Å². The normalized spacial score (nSPS) is 12.4. The van der Waals surface area contributed by atoms with Crippen LogP contribution in [-0.2, 0) is 4.79 Å². The summed E-state index contributed by atoms with van der Waals surface area (Å²) in [6, 6.07) is 8.53. The largest absolute Gasteiger partial charge is 0.497 e.